The summed E-state index contributed by atoms with van der Waals surface area (Å²) in [6, 6.07) is 20.1. The summed E-state index contributed by atoms with van der Waals surface area (Å²) < 4.78 is 22.3. The Kier molecular flexibility index (Phi) is 12.7. The van der Waals surface area contributed by atoms with Gasteiger partial charge < -0.3 is 54.5 Å². The molecule has 0 saturated carbocycles. The highest BCUT2D eigenvalue weighted by Gasteiger charge is 2.49. The van der Waals surface area contributed by atoms with E-state index in [-0.39, 0.29) is 48.0 Å². The topological polar surface area (TPSA) is 210 Å². The van der Waals surface area contributed by atoms with E-state index in [4.69, 9.17) is 18.9 Å². The van der Waals surface area contributed by atoms with Gasteiger partial charge >= 0.3 is 18.0 Å². The summed E-state index contributed by atoms with van der Waals surface area (Å²) in [5, 5.41) is 47.1. The minimum atomic E-state index is -1.85. The average molecular weight is 775 g/mol. The van der Waals surface area contributed by atoms with Crippen LogP contribution in [-0.4, -0.2) is 119 Å². The van der Waals surface area contributed by atoms with Crippen molar-refractivity contribution in [2.75, 3.05) is 38.7 Å². The number of rotatable bonds is 14. The lowest BCUT2D eigenvalue weighted by Gasteiger charge is -2.42. The number of likely N-dealkylation sites (N-methyl/N-ethyl adjacent to an activating group) is 1. The van der Waals surface area contributed by atoms with Crippen molar-refractivity contribution in [2.24, 2.45) is 0 Å². The second-order valence-electron chi connectivity index (χ2n) is 14.5. The number of quaternary nitrogens is 1. The molecule has 1 unspecified atom stereocenters. The maximum absolute atomic E-state index is 13.3. The summed E-state index contributed by atoms with van der Waals surface area (Å²) in [7, 11) is 1.88. The molecule has 6 N–H and O–H groups in total. The van der Waals surface area contributed by atoms with Crippen LogP contribution in [0.15, 0.2) is 79.4 Å². The number of carboxylic acids is 1. The molecule has 0 spiro atoms. The minimum absolute atomic E-state index is 0.0199. The van der Waals surface area contributed by atoms with E-state index in [2.05, 4.69) is 17.2 Å². The first-order chi connectivity index (χ1) is 26.9. The van der Waals surface area contributed by atoms with Crippen LogP contribution >= 0.6 is 0 Å². The lowest BCUT2D eigenvalue weighted by Crippen LogP contribution is -2.61. The second kappa shape index (κ2) is 17.6. The highest BCUT2D eigenvalue weighted by Crippen LogP contribution is 2.44. The molecule has 2 heterocycles. The van der Waals surface area contributed by atoms with E-state index >= 15 is 0 Å². The van der Waals surface area contributed by atoms with Crippen LogP contribution in [0.4, 0.5) is 10.5 Å². The summed E-state index contributed by atoms with van der Waals surface area (Å²) in [5.74, 6) is -2.59. The Morgan fingerprint density at radius 1 is 0.929 bits per heavy atom. The molecule has 15 nitrogen and oxygen atoms in total. The number of aliphatic hydroxyl groups excluding tert-OH is 3. The number of carbonyl (C=O) groups excluding carboxylic acids is 3. The number of hydrogen-bond donors (Lipinski definition) is 6. The van der Waals surface area contributed by atoms with Gasteiger partial charge in [0.05, 0.1) is 19.3 Å². The van der Waals surface area contributed by atoms with Gasteiger partial charge in [-0.3, -0.25) is 4.79 Å². The molecular formula is C41H48N3O12+. The van der Waals surface area contributed by atoms with Gasteiger partial charge in [-0.1, -0.05) is 61.2 Å². The smallest absolute Gasteiger partial charge is 0.407 e. The number of amides is 2. The molecule has 7 atom stereocenters. The molecular weight excluding hydrogens is 726 g/mol. The molecule has 2 fully saturated rings. The van der Waals surface area contributed by atoms with Gasteiger partial charge in [-0.25, -0.2) is 14.4 Å². The van der Waals surface area contributed by atoms with Crippen molar-refractivity contribution in [3.05, 3.63) is 96.1 Å². The number of nitrogens with zero attached hydrogens (tertiary/aromatic N) is 1. The first-order valence-corrected chi connectivity index (χ1v) is 18.6. The van der Waals surface area contributed by atoms with E-state index in [0.29, 0.717) is 25.1 Å². The molecule has 15 heteroatoms. The van der Waals surface area contributed by atoms with Gasteiger partial charge in [0.25, 0.3) is 0 Å². The molecule has 3 aliphatic rings. The van der Waals surface area contributed by atoms with Crippen molar-refractivity contribution in [2.45, 2.75) is 74.9 Å². The number of carbonyl (C=O) groups is 4. The van der Waals surface area contributed by atoms with E-state index < -0.39 is 60.7 Å². The van der Waals surface area contributed by atoms with Crippen LogP contribution in [0.5, 0.6) is 5.75 Å². The number of aliphatic carboxylic acids is 1. The van der Waals surface area contributed by atoms with Gasteiger partial charge in [0.2, 0.25) is 12.2 Å². The normalized spacial score (nSPS) is 25.6. The van der Waals surface area contributed by atoms with Gasteiger partial charge in [-0.15, -0.1) is 0 Å². The Labute approximate surface area is 324 Å². The fraction of sp³-hybridized carbons (Fsp3) is 0.415. The molecule has 6 rings (SSSR count). The van der Waals surface area contributed by atoms with Crippen LogP contribution in [-0.2, 0) is 35.1 Å². The van der Waals surface area contributed by atoms with Gasteiger partial charge in [-0.05, 0) is 53.3 Å². The van der Waals surface area contributed by atoms with E-state index in [1.807, 2.05) is 55.6 Å². The third-order valence-electron chi connectivity index (χ3n) is 10.6. The van der Waals surface area contributed by atoms with Crippen LogP contribution in [0.3, 0.4) is 0 Å². The fourth-order valence-electron chi connectivity index (χ4n) is 7.78. The van der Waals surface area contributed by atoms with Crippen molar-refractivity contribution >= 4 is 29.6 Å². The number of aliphatic hydroxyl groups is 3. The third kappa shape index (κ3) is 8.87. The molecule has 0 bridgehead atoms. The molecule has 0 radical (unpaired) electrons. The molecule has 3 aromatic rings. The van der Waals surface area contributed by atoms with Crippen molar-refractivity contribution in [3.63, 3.8) is 0 Å². The maximum atomic E-state index is 13.3. The van der Waals surface area contributed by atoms with Crippen molar-refractivity contribution in [1.29, 1.82) is 0 Å². The summed E-state index contributed by atoms with van der Waals surface area (Å²) in [6.45, 7) is 4.25. The molecule has 298 valence electrons. The standard InChI is InChI=1S/C41H47N3O12/c1-3-20-53-39(51)37-35(47)34(46)36(48)40(56-37)55-32-16-15-24(22-44(2)19-9-8-14-31(44)38(49)50)21-30(32)43-33(45)17-18-42-41(52)54-23-29-27-12-6-4-10-25(27)26-11-5-7-13-28(26)29/h3-7,10-13,15-16,21,29,31,34-37,40,46-48H,1,8-9,14,17-20,22-23H2,2H3,(H2-,42,43,45,49,50,52)/p+1/t31-,34+,35+,36-,37+,40-,44?/m1/s1. The summed E-state index contributed by atoms with van der Waals surface area (Å²) in [5.41, 5.74) is 5.11. The largest absolute Gasteiger partial charge is 0.477 e. The zero-order chi connectivity index (χ0) is 40.0. The number of anilines is 1. The predicted octanol–water partition coefficient (Wildman–Crippen LogP) is 3.05. The number of alkyl carbamates (subject to hydrolysis) is 1. The summed E-state index contributed by atoms with van der Waals surface area (Å²) >= 11 is 0. The SMILES string of the molecule is C=CCOC(=O)[C@H]1O[C@@H](Oc2ccc(C[N+]3(C)CCCC[C@@H]3C(=O)O)cc2NC(=O)CCNC(=O)OCC2c3ccccc3-c3ccccc32)[C@H](O)[C@@H](O)[C@@H]1O. The Morgan fingerprint density at radius 3 is 2.30 bits per heavy atom. The Morgan fingerprint density at radius 2 is 1.62 bits per heavy atom. The Bertz CT molecular complexity index is 1890. The number of esters is 1. The molecule has 2 saturated heterocycles. The molecule has 2 amide bonds. The van der Waals surface area contributed by atoms with E-state index in [1.54, 1.807) is 12.1 Å². The minimum Gasteiger partial charge on any atom is -0.477 e. The zero-order valence-electron chi connectivity index (χ0n) is 31.0. The highest BCUT2D eigenvalue weighted by molar-refractivity contribution is 5.92. The zero-order valence-corrected chi connectivity index (χ0v) is 31.0. The summed E-state index contributed by atoms with van der Waals surface area (Å²) in [6.07, 6.45) is -6.28. The first-order valence-electron chi connectivity index (χ1n) is 18.6. The predicted molar refractivity (Wildman–Crippen MR) is 201 cm³/mol. The fourth-order valence-corrected chi connectivity index (χ4v) is 7.78. The van der Waals surface area contributed by atoms with Gasteiger partial charge in [0, 0.05) is 30.9 Å². The van der Waals surface area contributed by atoms with Gasteiger partial charge in [0.1, 0.15) is 43.8 Å². The molecule has 0 aromatic heterocycles. The number of hydrogen-bond acceptors (Lipinski definition) is 11. The van der Waals surface area contributed by atoms with Gasteiger partial charge in [-0.2, -0.15) is 0 Å². The Balaban J connectivity index is 1.13. The van der Waals surface area contributed by atoms with Crippen molar-refractivity contribution in [3.8, 4) is 16.9 Å². The van der Waals surface area contributed by atoms with Crippen molar-refractivity contribution in [1.82, 2.24) is 5.32 Å². The highest BCUT2D eigenvalue weighted by atomic mass is 16.7. The molecule has 3 aromatic carbocycles. The number of carboxylic acid groups (broad SMARTS) is 1. The quantitative estimate of drug-likeness (QED) is 0.0794. The van der Waals surface area contributed by atoms with E-state index in [1.165, 1.54) is 12.1 Å². The van der Waals surface area contributed by atoms with E-state index in [0.717, 1.165) is 35.1 Å². The van der Waals surface area contributed by atoms with Crippen LogP contribution in [0, 0.1) is 0 Å². The van der Waals surface area contributed by atoms with Gasteiger partial charge in [0.15, 0.2) is 12.1 Å². The molecule has 2 aliphatic heterocycles. The number of piperidine rings is 1. The third-order valence-corrected chi connectivity index (χ3v) is 10.6. The first kappa shape index (κ1) is 40.3. The lowest BCUT2D eigenvalue weighted by molar-refractivity contribution is -0.942. The number of likely N-dealkylation sites (tertiary alicyclic amines) is 1. The molecule has 56 heavy (non-hydrogen) atoms. The lowest BCUT2D eigenvalue weighted by atomic mass is 9.97. The van der Waals surface area contributed by atoms with E-state index in [9.17, 15) is 39.6 Å². The van der Waals surface area contributed by atoms with Crippen LogP contribution < -0.4 is 15.4 Å². The number of fused-ring (bicyclic) bond motifs is 3. The van der Waals surface area contributed by atoms with Crippen LogP contribution in [0.25, 0.3) is 11.1 Å². The maximum Gasteiger partial charge on any atom is 0.407 e. The van der Waals surface area contributed by atoms with Crippen LogP contribution in [0.2, 0.25) is 0 Å². The monoisotopic (exact) mass is 774 g/mol. The second-order valence-corrected chi connectivity index (χ2v) is 14.5. The summed E-state index contributed by atoms with van der Waals surface area (Å²) in [4.78, 5) is 50.8. The van der Waals surface area contributed by atoms with Crippen molar-refractivity contribution < 1.29 is 63.0 Å². The average Bonchev–Trinajstić information content (AvgIpc) is 3.50. The number of benzene rings is 3. The number of nitrogens with one attached hydrogen (secondary N) is 2. The Hall–Kier alpha value is -5.32. The van der Waals surface area contributed by atoms with Crippen LogP contribution in [0.1, 0.15) is 48.3 Å². The molecule has 1 aliphatic carbocycles. The number of ether oxygens (including phenoxy) is 4.